The van der Waals surface area contributed by atoms with Crippen molar-refractivity contribution in [3.8, 4) is 0 Å². The van der Waals surface area contributed by atoms with E-state index < -0.39 is 0 Å². The summed E-state index contributed by atoms with van der Waals surface area (Å²) in [5.41, 5.74) is 0. The predicted molar refractivity (Wildman–Crippen MR) is 68.8 cm³/mol. The molecule has 2 bridgehead atoms. The molecule has 4 heterocycles. The Labute approximate surface area is 114 Å². The lowest BCUT2D eigenvalue weighted by Crippen LogP contribution is -2.55. The number of hydrogen-bond donors (Lipinski definition) is 0. The Morgan fingerprint density at radius 1 is 1.11 bits per heavy atom. The summed E-state index contributed by atoms with van der Waals surface area (Å²) in [7, 11) is 0. The van der Waals surface area contributed by atoms with Crippen LogP contribution in [-0.2, 0) is 18.9 Å². The van der Waals surface area contributed by atoms with Crippen LogP contribution in [0.1, 0.15) is 39.0 Å². The fourth-order valence-electron chi connectivity index (χ4n) is 4.19. The molecule has 0 aromatic rings. The molecule has 1 saturated carbocycles. The van der Waals surface area contributed by atoms with Gasteiger partial charge in [-0.1, -0.05) is 0 Å². The van der Waals surface area contributed by atoms with Crippen LogP contribution >= 0.6 is 0 Å². The van der Waals surface area contributed by atoms with E-state index in [1.807, 2.05) is 0 Å². The van der Waals surface area contributed by atoms with Gasteiger partial charge in [0.05, 0.1) is 38.1 Å². The SMILES string of the molecule is CC1CC2(CCO1)OCC(C1CCC3CC1O3)CO2. The maximum Gasteiger partial charge on any atom is 0.172 e. The molecule has 4 heteroatoms. The number of fused-ring (bicyclic) bond motifs is 2. The zero-order valence-corrected chi connectivity index (χ0v) is 11.7. The van der Waals surface area contributed by atoms with Gasteiger partial charge in [0.2, 0.25) is 0 Å². The summed E-state index contributed by atoms with van der Waals surface area (Å²) in [5, 5.41) is 0. The Hall–Kier alpha value is -0.160. The first-order chi connectivity index (χ1) is 9.24. The van der Waals surface area contributed by atoms with Crippen molar-refractivity contribution in [3.63, 3.8) is 0 Å². The van der Waals surface area contributed by atoms with Crippen LogP contribution in [0.15, 0.2) is 0 Å². The van der Waals surface area contributed by atoms with E-state index >= 15 is 0 Å². The fraction of sp³-hybridized carbons (Fsp3) is 1.00. The molecule has 4 saturated heterocycles. The van der Waals surface area contributed by atoms with Gasteiger partial charge in [0, 0.05) is 25.2 Å². The third-order valence-electron chi connectivity index (χ3n) is 5.37. The van der Waals surface area contributed by atoms with Crippen LogP contribution in [0, 0.1) is 11.8 Å². The predicted octanol–water partition coefficient (Wildman–Crippen LogP) is 2.11. The average molecular weight is 268 g/mol. The summed E-state index contributed by atoms with van der Waals surface area (Å²) in [6, 6.07) is 0. The molecule has 5 fully saturated rings. The molecule has 4 aliphatic heterocycles. The molecule has 0 N–H and O–H groups in total. The molecule has 1 spiro atoms. The van der Waals surface area contributed by atoms with Crippen LogP contribution in [0.25, 0.3) is 0 Å². The largest absolute Gasteiger partial charge is 0.378 e. The molecule has 0 radical (unpaired) electrons. The van der Waals surface area contributed by atoms with Gasteiger partial charge in [-0.25, -0.2) is 0 Å². The van der Waals surface area contributed by atoms with E-state index in [1.165, 1.54) is 19.3 Å². The molecule has 5 rings (SSSR count). The highest BCUT2D eigenvalue weighted by atomic mass is 16.7. The highest BCUT2D eigenvalue weighted by Crippen LogP contribution is 2.45. The van der Waals surface area contributed by atoms with Gasteiger partial charge in [0.15, 0.2) is 5.79 Å². The number of rotatable bonds is 1. The molecular formula is C15H24O4. The van der Waals surface area contributed by atoms with E-state index in [9.17, 15) is 0 Å². The summed E-state index contributed by atoms with van der Waals surface area (Å²) < 4.78 is 23.8. The van der Waals surface area contributed by atoms with E-state index in [-0.39, 0.29) is 11.9 Å². The third kappa shape index (κ3) is 2.23. The highest BCUT2D eigenvalue weighted by molar-refractivity contribution is 4.94. The molecule has 0 aromatic heterocycles. The van der Waals surface area contributed by atoms with E-state index in [4.69, 9.17) is 18.9 Å². The molecule has 108 valence electrons. The molecule has 19 heavy (non-hydrogen) atoms. The smallest absolute Gasteiger partial charge is 0.172 e. The van der Waals surface area contributed by atoms with Crippen LogP contribution in [0.4, 0.5) is 0 Å². The summed E-state index contributed by atoms with van der Waals surface area (Å²) in [6.07, 6.45) is 6.82. The summed E-state index contributed by atoms with van der Waals surface area (Å²) >= 11 is 0. The molecule has 5 aliphatic rings. The van der Waals surface area contributed by atoms with Crippen molar-refractivity contribution in [2.24, 2.45) is 11.8 Å². The number of hydrogen-bond acceptors (Lipinski definition) is 4. The van der Waals surface area contributed by atoms with Crippen molar-refractivity contribution in [2.75, 3.05) is 19.8 Å². The van der Waals surface area contributed by atoms with Gasteiger partial charge in [-0.15, -0.1) is 0 Å². The molecule has 0 aromatic carbocycles. The van der Waals surface area contributed by atoms with Crippen LogP contribution in [0.5, 0.6) is 0 Å². The first-order valence-electron chi connectivity index (χ1n) is 7.79. The van der Waals surface area contributed by atoms with Crippen molar-refractivity contribution in [3.05, 3.63) is 0 Å². The lowest BCUT2D eigenvalue weighted by molar-refractivity contribution is -0.327. The fourth-order valence-corrected chi connectivity index (χ4v) is 4.19. The van der Waals surface area contributed by atoms with Crippen LogP contribution in [-0.4, -0.2) is 43.9 Å². The molecule has 1 aliphatic carbocycles. The van der Waals surface area contributed by atoms with Crippen molar-refractivity contribution in [1.29, 1.82) is 0 Å². The standard InChI is InChI=1S/C15H24O4/c1-10-7-15(4-5-16-10)17-8-11(9-18-15)13-3-2-12-6-14(13)19-12/h10-14H,2-9H2,1H3. The Bertz CT molecular complexity index is 328. The van der Waals surface area contributed by atoms with E-state index in [0.29, 0.717) is 24.0 Å². The van der Waals surface area contributed by atoms with Gasteiger partial charge in [-0.3, -0.25) is 0 Å². The third-order valence-corrected chi connectivity index (χ3v) is 5.37. The minimum atomic E-state index is -0.355. The minimum absolute atomic E-state index is 0.246. The average Bonchev–Trinajstić information content (AvgIpc) is 2.38. The Morgan fingerprint density at radius 2 is 1.89 bits per heavy atom. The summed E-state index contributed by atoms with van der Waals surface area (Å²) in [4.78, 5) is 0. The van der Waals surface area contributed by atoms with Gasteiger partial charge in [-0.2, -0.15) is 0 Å². The van der Waals surface area contributed by atoms with Crippen LogP contribution in [0.3, 0.4) is 0 Å². The molecule has 4 atom stereocenters. The highest BCUT2D eigenvalue weighted by Gasteiger charge is 2.48. The van der Waals surface area contributed by atoms with Gasteiger partial charge in [0.25, 0.3) is 0 Å². The van der Waals surface area contributed by atoms with Crippen LogP contribution in [0.2, 0.25) is 0 Å². The van der Waals surface area contributed by atoms with Crippen LogP contribution < -0.4 is 0 Å². The van der Waals surface area contributed by atoms with Gasteiger partial charge in [0.1, 0.15) is 0 Å². The first-order valence-corrected chi connectivity index (χ1v) is 7.79. The van der Waals surface area contributed by atoms with Crippen molar-refractivity contribution in [2.45, 2.75) is 63.1 Å². The Morgan fingerprint density at radius 3 is 2.53 bits per heavy atom. The lowest BCUT2D eigenvalue weighted by atomic mass is 9.73. The topological polar surface area (TPSA) is 36.9 Å². The summed E-state index contributed by atoms with van der Waals surface area (Å²) in [6.45, 7) is 4.52. The second-order valence-electron chi connectivity index (χ2n) is 6.70. The second kappa shape index (κ2) is 4.69. The maximum atomic E-state index is 6.15. The summed E-state index contributed by atoms with van der Waals surface area (Å²) in [5.74, 6) is 0.820. The molecule has 0 amide bonds. The monoisotopic (exact) mass is 268 g/mol. The van der Waals surface area contributed by atoms with E-state index in [0.717, 1.165) is 32.7 Å². The normalized spacial score (nSPS) is 53.8. The lowest BCUT2D eigenvalue weighted by Gasteiger charge is -2.52. The van der Waals surface area contributed by atoms with Gasteiger partial charge < -0.3 is 18.9 Å². The second-order valence-corrected chi connectivity index (χ2v) is 6.70. The molecular weight excluding hydrogens is 244 g/mol. The Balaban J connectivity index is 1.36. The Kier molecular flexibility index (Phi) is 3.10. The van der Waals surface area contributed by atoms with E-state index in [1.54, 1.807) is 0 Å². The zero-order chi connectivity index (χ0) is 12.9. The molecule has 4 nitrogen and oxygen atoms in total. The van der Waals surface area contributed by atoms with Crippen molar-refractivity contribution < 1.29 is 18.9 Å². The van der Waals surface area contributed by atoms with Gasteiger partial charge in [-0.05, 0) is 25.7 Å². The minimum Gasteiger partial charge on any atom is -0.378 e. The van der Waals surface area contributed by atoms with Crippen molar-refractivity contribution in [1.82, 2.24) is 0 Å². The maximum absolute atomic E-state index is 6.15. The molecule has 4 unspecified atom stereocenters. The zero-order valence-electron chi connectivity index (χ0n) is 11.7. The van der Waals surface area contributed by atoms with E-state index in [2.05, 4.69) is 6.92 Å². The van der Waals surface area contributed by atoms with Gasteiger partial charge >= 0.3 is 0 Å². The first kappa shape index (κ1) is 12.6. The quantitative estimate of drug-likeness (QED) is 0.730. The van der Waals surface area contributed by atoms with Crippen molar-refractivity contribution >= 4 is 0 Å². The number of ether oxygens (including phenoxy) is 4.